The van der Waals surface area contributed by atoms with Crippen LogP contribution in [-0.2, 0) is 21.7 Å². The van der Waals surface area contributed by atoms with Crippen molar-refractivity contribution in [2.75, 3.05) is 9.80 Å². The molecule has 0 atom stereocenters. The van der Waals surface area contributed by atoms with Gasteiger partial charge in [0.15, 0.2) is 0 Å². The van der Waals surface area contributed by atoms with E-state index < -0.39 is 0 Å². The fourth-order valence-corrected chi connectivity index (χ4v) is 15.7. The van der Waals surface area contributed by atoms with Gasteiger partial charge in [-0.05, 0) is 182 Å². The van der Waals surface area contributed by atoms with Gasteiger partial charge in [-0.3, -0.25) is 0 Å². The van der Waals surface area contributed by atoms with E-state index in [0.29, 0.717) is 0 Å². The van der Waals surface area contributed by atoms with E-state index in [1.54, 1.807) is 0 Å². The Kier molecular flexibility index (Phi) is 10.2. The summed E-state index contributed by atoms with van der Waals surface area (Å²) < 4.78 is 0. The van der Waals surface area contributed by atoms with Crippen LogP contribution in [0.25, 0.3) is 77.2 Å². The fraction of sp³-hybridized carbons (Fsp3) is 0.150. The third-order valence-electron chi connectivity index (χ3n) is 19.8. The number of nitrogens with zero attached hydrogens (tertiary/aromatic N) is 2. The van der Waals surface area contributed by atoms with Crippen molar-refractivity contribution in [3.63, 3.8) is 0 Å². The Hall–Kier alpha value is -9.24. The molecule has 394 valence electrons. The Morgan fingerprint density at radius 1 is 0.220 bits per heavy atom. The molecule has 82 heavy (non-hydrogen) atoms. The van der Waals surface area contributed by atoms with Crippen LogP contribution in [0.1, 0.15) is 99.9 Å². The van der Waals surface area contributed by atoms with E-state index in [1.165, 1.54) is 144 Å². The zero-order valence-corrected chi connectivity index (χ0v) is 48.0. The van der Waals surface area contributed by atoms with Crippen molar-refractivity contribution >= 4 is 55.7 Å². The van der Waals surface area contributed by atoms with E-state index in [2.05, 4.69) is 308 Å². The second kappa shape index (κ2) is 17.1. The first-order valence-electron chi connectivity index (χ1n) is 29.3. The molecule has 0 spiro atoms. The summed E-state index contributed by atoms with van der Waals surface area (Å²) in [5.74, 6) is 0. The van der Waals surface area contributed by atoms with E-state index in [0.717, 1.165) is 11.4 Å². The summed E-state index contributed by atoms with van der Waals surface area (Å²) in [7, 11) is 0. The average molecular weight is 1050 g/mol. The van der Waals surface area contributed by atoms with E-state index in [9.17, 15) is 0 Å². The SMILES string of the molecule is CC1(C)c2ccccc2-c2ccc(-c3ccccc3-c3c4ccc(N5c6ccccc6C(C)(C)c6ccccc65)cc4c(-c4ccc5c(c4)C(C)(C)c4ccccc4-5)c4ccc(N5c6ccccc6C(C)(C)c6ccccc65)cc34)cc21. The number of hydrogen-bond donors (Lipinski definition) is 0. The number of fused-ring (bicyclic) bond motifs is 12. The molecule has 12 aromatic carbocycles. The highest BCUT2D eigenvalue weighted by Crippen LogP contribution is 2.58. The first kappa shape index (κ1) is 48.6. The summed E-state index contributed by atoms with van der Waals surface area (Å²) in [5.41, 5.74) is 29.8. The molecule has 2 heteroatoms. The quantitative estimate of drug-likeness (QED) is 0.159. The molecule has 2 aliphatic heterocycles. The molecule has 0 fully saturated rings. The second-order valence-electron chi connectivity index (χ2n) is 25.6. The Bertz CT molecular complexity index is 4620. The molecule has 0 saturated carbocycles. The van der Waals surface area contributed by atoms with Crippen LogP contribution in [0.3, 0.4) is 0 Å². The number of benzene rings is 12. The molecule has 4 aliphatic rings. The predicted octanol–water partition coefficient (Wildman–Crippen LogP) is 21.8. The maximum absolute atomic E-state index is 2.54. The van der Waals surface area contributed by atoms with Crippen LogP contribution in [0, 0.1) is 0 Å². The van der Waals surface area contributed by atoms with Crippen molar-refractivity contribution in [3.8, 4) is 55.6 Å². The second-order valence-corrected chi connectivity index (χ2v) is 25.6. The maximum Gasteiger partial charge on any atom is 0.0502 e. The van der Waals surface area contributed by atoms with Gasteiger partial charge < -0.3 is 9.80 Å². The van der Waals surface area contributed by atoms with Gasteiger partial charge in [-0.25, -0.2) is 0 Å². The van der Waals surface area contributed by atoms with Gasteiger partial charge in [0.2, 0.25) is 0 Å². The van der Waals surface area contributed by atoms with Gasteiger partial charge in [0.1, 0.15) is 0 Å². The molecule has 0 unspecified atom stereocenters. The van der Waals surface area contributed by atoms with Crippen LogP contribution in [-0.4, -0.2) is 0 Å². The molecule has 2 nitrogen and oxygen atoms in total. The van der Waals surface area contributed by atoms with Gasteiger partial charge in [-0.2, -0.15) is 0 Å². The Labute approximate surface area is 482 Å². The number of para-hydroxylation sites is 4. The molecular formula is C80H64N2. The minimum absolute atomic E-state index is 0.147. The van der Waals surface area contributed by atoms with Crippen LogP contribution < -0.4 is 9.80 Å². The standard InChI is InChI=1S/C80H64N2/c1-77(2)63-27-13-11-24-54(63)56-41-37-49(45-69(56)77)53-23-9-10-26-58(53)76-60-44-40-51(81-71-33-19-15-29-65(71)79(5,6)66-30-16-20-34-72(66)81)47-61(60)75(50-38-42-57-55-25-12-14-28-64(55)78(3,4)70(57)46-50)59-43-39-52(48-62(59)76)82-73-35-21-17-31-67(73)80(7,8)68-32-18-22-36-74(68)82/h9-48H,1-8H3. The minimum Gasteiger partial charge on any atom is -0.310 e. The maximum atomic E-state index is 2.54. The van der Waals surface area contributed by atoms with Crippen molar-refractivity contribution in [1.82, 2.24) is 0 Å². The van der Waals surface area contributed by atoms with Gasteiger partial charge in [0.05, 0.1) is 22.7 Å². The van der Waals surface area contributed by atoms with Gasteiger partial charge in [-0.15, -0.1) is 0 Å². The van der Waals surface area contributed by atoms with Crippen LogP contribution in [0.15, 0.2) is 243 Å². The monoisotopic (exact) mass is 1050 g/mol. The highest BCUT2D eigenvalue weighted by atomic mass is 15.2. The van der Waals surface area contributed by atoms with E-state index >= 15 is 0 Å². The Morgan fingerprint density at radius 2 is 0.537 bits per heavy atom. The van der Waals surface area contributed by atoms with Gasteiger partial charge in [0, 0.05) is 33.0 Å². The summed E-state index contributed by atoms with van der Waals surface area (Å²) in [4.78, 5) is 5.06. The summed E-state index contributed by atoms with van der Waals surface area (Å²) in [6.07, 6.45) is 0. The molecule has 0 radical (unpaired) electrons. The lowest BCUT2D eigenvalue weighted by atomic mass is 9.73. The van der Waals surface area contributed by atoms with Crippen molar-refractivity contribution in [2.45, 2.75) is 77.0 Å². The fourth-order valence-electron chi connectivity index (χ4n) is 15.7. The van der Waals surface area contributed by atoms with Crippen LogP contribution in [0.4, 0.5) is 34.1 Å². The van der Waals surface area contributed by atoms with Gasteiger partial charge in [0.25, 0.3) is 0 Å². The summed E-state index contributed by atoms with van der Waals surface area (Å²) in [5, 5.41) is 4.87. The molecule has 2 aliphatic carbocycles. The number of hydrogen-bond acceptors (Lipinski definition) is 2. The number of rotatable bonds is 5. The highest BCUT2D eigenvalue weighted by Gasteiger charge is 2.41. The molecule has 0 aromatic heterocycles. The first-order valence-corrected chi connectivity index (χ1v) is 29.3. The Morgan fingerprint density at radius 3 is 0.988 bits per heavy atom. The summed E-state index contributed by atoms with van der Waals surface area (Å²) in [6.45, 7) is 19.1. The number of anilines is 6. The highest BCUT2D eigenvalue weighted by molar-refractivity contribution is 6.24. The average Bonchev–Trinajstić information content (AvgIpc) is 1.36. The lowest BCUT2D eigenvalue weighted by molar-refractivity contribution is 0.632. The predicted molar refractivity (Wildman–Crippen MR) is 347 cm³/mol. The van der Waals surface area contributed by atoms with Crippen molar-refractivity contribution in [2.24, 2.45) is 0 Å². The first-order chi connectivity index (χ1) is 39.7. The molecule has 0 bridgehead atoms. The summed E-state index contributed by atoms with van der Waals surface area (Å²) >= 11 is 0. The molecule has 0 saturated heterocycles. The molecule has 12 aromatic rings. The minimum atomic E-state index is -0.191. The Balaban J connectivity index is 1.02. The van der Waals surface area contributed by atoms with Crippen LogP contribution in [0.5, 0.6) is 0 Å². The molecule has 2 heterocycles. The third kappa shape index (κ3) is 6.64. The van der Waals surface area contributed by atoms with Gasteiger partial charge >= 0.3 is 0 Å². The van der Waals surface area contributed by atoms with E-state index in [1.807, 2.05) is 0 Å². The van der Waals surface area contributed by atoms with Crippen LogP contribution in [0.2, 0.25) is 0 Å². The van der Waals surface area contributed by atoms with Gasteiger partial charge in [-0.1, -0.05) is 237 Å². The van der Waals surface area contributed by atoms with Crippen molar-refractivity contribution < 1.29 is 0 Å². The molecule has 16 rings (SSSR count). The van der Waals surface area contributed by atoms with Crippen molar-refractivity contribution in [1.29, 1.82) is 0 Å². The van der Waals surface area contributed by atoms with E-state index in [-0.39, 0.29) is 21.7 Å². The van der Waals surface area contributed by atoms with E-state index in [4.69, 9.17) is 0 Å². The normalized spacial score (nSPS) is 15.9. The topological polar surface area (TPSA) is 6.48 Å². The zero-order valence-electron chi connectivity index (χ0n) is 48.0. The lowest BCUT2D eigenvalue weighted by Gasteiger charge is -2.42. The smallest absolute Gasteiger partial charge is 0.0502 e. The third-order valence-corrected chi connectivity index (χ3v) is 19.8. The molecule has 0 amide bonds. The lowest BCUT2D eigenvalue weighted by Crippen LogP contribution is -2.30. The largest absolute Gasteiger partial charge is 0.310 e. The van der Waals surface area contributed by atoms with Crippen LogP contribution >= 0.6 is 0 Å². The zero-order chi connectivity index (χ0) is 55.6. The molecular weight excluding hydrogens is 989 g/mol. The molecule has 0 N–H and O–H groups in total. The summed E-state index contributed by atoms with van der Waals surface area (Å²) in [6, 6.07) is 92.8. The van der Waals surface area contributed by atoms with Crippen molar-refractivity contribution in [3.05, 3.63) is 287 Å².